The molecule has 2 aromatic rings. The Morgan fingerprint density at radius 3 is 3.00 bits per heavy atom. The molecule has 2 saturated heterocycles. The number of thioether (sulfide) groups is 1. The van der Waals surface area contributed by atoms with E-state index in [0.29, 0.717) is 16.9 Å². The number of urea groups is 1. The SMILES string of the molecule is O=C1NC2(CCSC2)C(=O)N1Cc1csc2c(F)cccc12. The number of thiophene rings is 1. The summed E-state index contributed by atoms with van der Waals surface area (Å²) in [5, 5.41) is 5.44. The molecule has 0 saturated carbocycles. The second-order valence-electron chi connectivity index (χ2n) is 5.58. The van der Waals surface area contributed by atoms with Crippen molar-refractivity contribution >= 4 is 45.1 Å². The minimum absolute atomic E-state index is 0.154. The molecule has 2 aliphatic heterocycles. The second kappa shape index (κ2) is 4.96. The third-order valence-electron chi connectivity index (χ3n) is 4.23. The van der Waals surface area contributed by atoms with Crippen LogP contribution < -0.4 is 5.32 Å². The minimum Gasteiger partial charge on any atom is -0.322 e. The Morgan fingerprint density at radius 1 is 1.36 bits per heavy atom. The number of hydrogen-bond acceptors (Lipinski definition) is 4. The van der Waals surface area contributed by atoms with Crippen LogP contribution in [0.25, 0.3) is 10.1 Å². The van der Waals surface area contributed by atoms with Gasteiger partial charge in [-0.1, -0.05) is 12.1 Å². The lowest BCUT2D eigenvalue weighted by molar-refractivity contribution is -0.130. The highest BCUT2D eigenvalue weighted by Crippen LogP contribution is 2.35. The van der Waals surface area contributed by atoms with Gasteiger partial charge in [0.2, 0.25) is 0 Å². The molecule has 1 spiro atoms. The Labute approximate surface area is 134 Å². The van der Waals surface area contributed by atoms with Crippen molar-refractivity contribution < 1.29 is 14.0 Å². The summed E-state index contributed by atoms with van der Waals surface area (Å²) >= 11 is 2.98. The van der Waals surface area contributed by atoms with Crippen molar-refractivity contribution in [2.45, 2.75) is 18.5 Å². The Balaban J connectivity index is 1.66. The van der Waals surface area contributed by atoms with Crippen LogP contribution in [-0.2, 0) is 11.3 Å². The van der Waals surface area contributed by atoms with Gasteiger partial charge in [0.1, 0.15) is 11.4 Å². The first-order chi connectivity index (χ1) is 10.6. The van der Waals surface area contributed by atoms with Crippen LogP contribution >= 0.6 is 23.1 Å². The average molecular weight is 336 g/mol. The molecule has 1 atom stereocenters. The van der Waals surface area contributed by atoms with Crippen molar-refractivity contribution in [3.05, 3.63) is 35.0 Å². The molecule has 4 rings (SSSR count). The molecule has 1 N–H and O–H groups in total. The molecule has 0 bridgehead atoms. The molecule has 7 heteroatoms. The third-order valence-corrected chi connectivity index (χ3v) is 6.47. The zero-order valence-electron chi connectivity index (χ0n) is 11.6. The van der Waals surface area contributed by atoms with Crippen LogP contribution in [0, 0.1) is 5.82 Å². The molecular weight excluding hydrogens is 323 g/mol. The second-order valence-corrected chi connectivity index (χ2v) is 7.57. The lowest BCUT2D eigenvalue weighted by Crippen LogP contribution is -2.46. The Kier molecular flexibility index (Phi) is 3.16. The third kappa shape index (κ3) is 1.95. The van der Waals surface area contributed by atoms with Gasteiger partial charge in [0.05, 0.1) is 11.2 Å². The van der Waals surface area contributed by atoms with Crippen molar-refractivity contribution in [1.82, 2.24) is 10.2 Å². The van der Waals surface area contributed by atoms with Crippen LogP contribution in [-0.4, -0.2) is 33.9 Å². The standard InChI is InChI=1S/C15H13FN2O2S2/c16-11-3-1-2-10-9(7-22-12(10)11)6-18-13(19)15(17-14(18)20)4-5-21-8-15/h1-3,7H,4-6,8H2,(H,17,20). The summed E-state index contributed by atoms with van der Waals surface area (Å²) in [6.07, 6.45) is 0.678. The zero-order valence-corrected chi connectivity index (χ0v) is 13.2. The van der Waals surface area contributed by atoms with Crippen LogP contribution in [0.4, 0.5) is 9.18 Å². The molecular formula is C15H13FN2O2S2. The highest BCUT2D eigenvalue weighted by atomic mass is 32.2. The number of imide groups is 1. The lowest BCUT2D eigenvalue weighted by Gasteiger charge is -2.19. The lowest BCUT2D eigenvalue weighted by atomic mass is 9.99. The number of nitrogens with zero attached hydrogens (tertiary/aromatic N) is 1. The van der Waals surface area contributed by atoms with Crippen molar-refractivity contribution in [3.63, 3.8) is 0 Å². The number of carbonyl (C=O) groups is 2. The Bertz CT molecular complexity index is 783. The number of fused-ring (bicyclic) bond motifs is 1. The van der Waals surface area contributed by atoms with Crippen molar-refractivity contribution in [2.24, 2.45) is 0 Å². The fourth-order valence-corrected chi connectivity index (χ4v) is 5.31. The molecule has 2 fully saturated rings. The van der Waals surface area contributed by atoms with Gasteiger partial charge in [-0.3, -0.25) is 9.69 Å². The summed E-state index contributed by atoms with van der Waals surface area (Å²) in [5.74, 6) is 1.09. The van der Waals surface area contributed by atoms with Gasteiger partial charge < -0.3 is 5.32 Å². The van der Waals surface area contributed by atoms with E-state index in [1.54, 1.807) is 17.8 Å². The molecule has 1 unspecified atom stereocenters. The maximum Gasteiger partial charge on any atom is 0.325 e. The first kappa shape index (κ1) is 14.0. The largest absolute Gasteiger partial charge is 0.325 e. The monoisotopic (exact) mass is 336 g/mol. The van der Waals surface area contributed by atoms with E-state index in [2.05, 4.69) is 5.32 Å². The first-order valence-corrected chi connectivity index (χ1v) is 9.01. The summed E-state index contributed by atoms with van der Waals surface area (Å²) in [6, 6.07) is 4.54. The van der Waals surface area contributed by atoms with E-state index in [4.69, 9.17) is 0 Å². The number of benzene rings is 1. The van der Waals surface area contributed by atoms with E-state index in [0.717, 1.165) is 16.7 Å². The number of amides is 3. The molecule has 3 heterocycles. The molecule has 4 nitrogen and oxygen atoms in total. The molecule has 0 radical (unpaired) electrons. The number of halogens is 1. The van der Waals surface area contributed by atoms with E-state index in [9.17, 15) is 14.0 Å². The predicted octanol–water partition coefficient (Wildman–Crippen LogP) is 2.97. The molecule has 0 aliphatic carbocycles. The van der Waals surface area contributed by atoms with Gasteiger partial charge >= 0.3 is 6.03 Å². The molecule has 1 aromatic carbocycles. The molecule has 22 heavy (non-hydrogen) atoms. The summed E-state index contributed by atoms with van der Waals surface area (Å²) in [6.45, 7) is 0.195. The summed E-state index contributed by atoms with van der Waals surface area (Å²) < 4.78 is 14.3. The topological polar surface area (TPSA) is 49.4 Å². The van der Waals surface area contributed by atoms with Crippen LogP contribution in [0.15, 0.2) is 23.6 Å². The Hall–Kier alpha value is -1.60. The van der Waals surface area contributed by atoms with E-state index >= 15 is 0 Å². The molecule has 1 aromatic heterocycles. The summed E-state index contributed by atoms with van der Waals surface area (Å²) in [5.41, 5.74) is 0.0874. The maximum absolute atomic E-state index is 13.8. The fourth-order valence-electron chi connectivity index (χ4n) is 3.02. The molecule has 114 valence electrons. The number of nitrogens with one attached hydrogen (secondary N) is 1. The highest BCUT2D eigenvalue weighted by Gasteiger charge is 2.52. The van der Waals surface area contributed by atoms with Gasteiger partial charge in [-0.25, -0.2) is 9.18 Å². The fraction of sp³-hybridized carbons (Fsp3) is 0.333. The van der Waals surface area contributed by atoms with Gasteiger partial charge in [-0.15, -0.1) is 11.3 Å². The summed E-state index contributed by atoms with van der Waals surface area (Å²) in [4.78, 5) is 26.1. The van der Waals surface area contributed by atoms with Gasteiger partial charge in [0, 0.05) is 11.1 Å². The van der Waals surface area contributed by atoms with Crippen LogP contribution in [0.3, 0.4) is 0 Å². The minimum atomic E-state index is -0.723. The zero-order chi connectivity index (χ0) is 15.3. The quantitative estimate of drug-likeness (QED) is 0.858. The van der Waals surface area contributed by atoms with Gasteiger partial charge in [0.15, 0.2) is 0 Å². The number of carbonyl (C=O) groups excluding carboxylic acids is 2. The molecule has 2 aliphatic rings. The van der Waals surface area contributed by atoms with E-state index < -0.39 is 5.54 Å². The van der Waals surface area contributed by atoms with Gasteiger partial charge in [-0.05, 0) is 29.2 Å². The van der Waals surface area contributed by atoms with Crippen LogP contribution in [0.2, 0.25) is 0 Å². The van der Waals surface area contributed by atoms with E-state index in [-0.39, 0.29) is 24.3 Å². The maximum atomic E-state index is 13.8. The van der Waals surface area contributed by atoms with Crippen molar-refractivity contribution in [1.29, 1.82) is 0 Å². The Morgan fingerprint density at radius 2 is 2.23 bits per heavy atom. The van der Waals surface area contributed by atoms with E-state index in [1.165, 1.54) is 22.3 Å². The summed E-state index contributed by atoms with van der Waals surface area (Å²) in [7, 11) is 0. The average Bonchev–Trinajstić information content (AvgIpc) is 3.17. The van der Waals surface area contributed by atoms with Crippen LogP contribution in [0.5, 0.6) is 0 Å². The van der Waals surface area contributed by atoms with Crippen LogP contribution in [0.1, 0.15) is 12.0 Å². The number of rotatable bonds is 2. The van der Waals surface area contributed by atoms with Crippen molar-refractivity contribution in [2.75, 3.05) is 11.5 Å². The highest BCUT2D eigenvalue weighted by molar-refractivity contribution is 7.99. The normalized spacial score (nSPS) is 24.7. The number of hydrogen-bond donors (Lipinski definition) is 1. The molecule has 3 amide bonds. The first-order valence-electron chi connectivity index (χ1n) is 6.97. The van der Waals surface area contributed by atoms with Gasteiger partial charge in [0.25, 0.3) is 5.91 Å². The van der Waals surface area contributed by atoms with Gasteiger partial charge in [-0.2, -0.15) is 11.8 Å². The van der Waals surface area contributed by atoms with E-state index in [1.807, 2.05) is 11.4 Å². The van der Waals surface area contributed by atoms with Crippen molar-refractivity contribution in [3.8, 4) is 0 Å². The smallest absolute Gasteiger partial charge is 0.322 e. The predicted molar refractivity (Wildman–Crippen MR) is 85.5 cm³/mol.